The van der Waals surface area contributed by atoms with Crippen molar-refractivity contribution in [2.45, 2.75) is 0 Å². The highest BCUT2D eigenvalue weighted by Gasteiger charge is 2.20. The van der Waals surface area contributed by atoms with E-state index >= 15 is 0 Å². The van der Waals surface area contributed by atoms with Crippen LogP contribution in [0.5, 0.6) is 23.0 Å². The van der Waals surface area contributed by atoms with Crippen LogP contribution in [0.25, 0.3) is 6.08 Å². The maximum absolute atomic E-state index is 12.4. The van der Waals surface area contributed by atoms with Gasteiger partial charge in [-0.15, -0.1) is 0 Å². The molecule has 0 bridgehead atoms. The molecule has 0 saturated heterocycles. The van der Waals surface area contributed by atoms with Gasteiger partial charge in [-0.25, -0.2) is 0 Å². The zero-order valence-electron chi connectivity index (χ0n) is 12.9. The molecule has 1 aliphatic heterocycles. The van der Waals surface area contributed by atoms with E-state index in [1.54, 1.807) is 25.3 Å². The summed E-state index contributed by atoms with van der Waals surface area (Å²) in [5.41, 5.74) is 1.33. The van der Waals surface area contributed by atoms with Crippen molar-refractivity contribution >= 4 is 11.9 Å². The molecule has 0 aliphatic carbocycles. The van der Waals surface area contributed by atoms with E-state index in [4.69, 9.17) is 18.9 Å². The standard InChI is InChI=1S/C18H16O5/c1-20-13-6-3-12(4-7-13)5-8-15(19)14-9-17-18(23-11-22-17)10-16(14)21-2/h3-10H,11H2,1-2H3. The maximum Gasteiger partial charge on any atom is 0.231 e. The second-order valence-electron chi connectivity index (χ2n) is 4.88. The Morgan fingerprint density at radius 2 is 1.74 bits per heavy atom. The largest absolute Gasteiger partial charge is 0.497 e. The molecule has 118 valence electrons. The Bertz CT molecular complexity index is 747. The summed E-state index contributed by atoms with van der Waals surface area (Å²) in [6.07, 6.45) is 3.24. The first-order valence-electron chi connectivity index (χ1n) is 7.05. The number of ketones is 1. The lowest BCUT2D eigenvalue weighted by Crippen LogP contribution is -1.99. The number of ether oxygens (including phenoxy) is 4. The number of methoxy groups -OCH3 is 2. The molecule has 2 aromatic rings. The molecule has 0 saturated carbocycles. The Morgan fingerprint density at radius 3 is 2.39 bits per heavy atom. The van der Waals surface area contributed by atoms with Crippen LogP contribution in [0.1, 0.15) is 15.9 Å². The molecule has 5 nitrogen and oxygen atoms in total. The molecule has 1 heterocycles. The highest BCUT2D eigenvalue weighted by Crippen LogP contribution is 2.38. The molecule has 0 fully saturated rings. The second-order valence-corrected chi connectivity index (χ2v) is 4.88. The molecule has 3 rings (SSSR count). The molecule has 0 unspecified atom stereocenters. The Labute approximate surface area is 134 Å². The van der Waals surface area contributed by atoms with Crippen molar-refractivity contribution < 1.29 is 23.7 Å². The second kappa shape index (κ2) is 6.44. The molecular formula is C18H16O5. The molecule has 1 aliphatic rings. The zero-order valence-corrected chi connectivity index (χ0v) is 12.9. The van der Waals surface area contributed by atoms with Crippen molar-refractivity contribution in [2.24, 2.45) is 0 Å². The van der Waals surface area contributed by atoms with Gasteiger partial charge in [0.05, 0.1) is 19.8 Å². The molecule has 0 atom stereocenters. The molecule has 5 heteroatoms. The number of hydrogen-bond donors (Lipinski definition) is 0. The van der Waals surface area contributed by atoms with Gasteiger partial charge in [-0.1, -0.05) is 18.2 Å². The lowest BCUT2D eigenvalue weighted by molar-refractivity contribution is 0.104. The van der Waals surface area contributed by atoms with Crippen molar-refractivity contribution in [1.82, 2.24) is 0 Å². The minimum atomic E-state index is -0.170. The summed E-state index contributed by atoms with van der Waals surface area (Å²) in [6, 6.07) is 10.7. The Balaban J connectivity index is 1.83. The summed E-state index contributed by atoms with van der Waals surface area (Å²) < 4.78 is 21.0. The summed E-state index contributed by atoms with van der Waals surface area (Å²) in [5, 5.41) is 0. The van der Waals surface area contributed by atoms with Crippen LogP contribution in [0.2, 0.25) is 0 Å². The van der Waals surface area contributed by atoms with Gasteiger partial charge in [-0.05, 0) is 29.8 Å². The minimum Gasteiger partial charge on any atom is -0.497 e. The highest BCUT2D eigenvalue weighted by atomic mass is 16.7. The van der Waals surface area contributed by atoms with Gasteiger partial charge in [-0.2, -0.15) is 0 Å². The lowest BCUT2D eigenvalue weighted by Gasteiger charge is -2.07. The topological polar surface area (TPSA) is 54.0 Å². The molecule has 0 spiro atoms. The fraction of sp³-hybridized carbons (Fsp3) is 0.167. The van der Waals surface area contributed by atoms with Gasteiger partial charge in [0.1, 0.15) is 11.5 Å². The van der Waals surface area contributed by atoms with E-state index in [2.05, 4.69) is 0 Å². The van der Waals surface area contributed by atoms with Gasteiger partial charge in [0.2, 0.25) is 6.79 Å². The molecule has 0 aromatic heterocycles. The average Bonchev–Trinajstić information content (AvgIpc) is 3.06. The van der Waals surface area contributed by atoms with Crippen LogP contribution >= 0.6 is 0 Å². The molecule has 0 N–H and O–H groups in total. The van der Waals surface area contributed by atoms with Gasteiger partial charge >= 0.3 is 0 Å². The quantitative estimate of drug-likeness (QED) is 0.626. The predicted octanol–water partition coefficient (Wildman–Crippen LogP) is 3.33. The third kappa shape index (κ3) is 3.13. The number of hydrogen-bond acceptors (Lipinski definition) is 5. The number of carbonyl (C=O) groups excluding carboxylic acids is 1. The van der Waals surface area contributed by atoms with E-state index in [1.165, 1.54) is 13.2 Å². The van der Waals surface area contributed by atoms with Crippen molar-refractivity contribution in [1.29, 1.82) is 0 Å². The van der Waals surface area contributed by atoms with E-state index < -0.39 is 0 Å². The third-order valence-electron chi connectivity index (χ3n) is 3.50. The normalized spacial score (nSPS) is 12.4. The van der Waals surface area contributed by atoms with Crippen molar-refractivity contribution in [3.05, 3.63) is 53.6 Å². The first-order chi connectivity index (χ1) is 11.2. The fourth-order valence-electron chi connectivity index (χ4n) is 2.26. The van der Waals surface area contributed by atoms with E-state index in [9.17, 15) is 4.79 Å². The van der Waals surface area contributed by atoms with Gasteiger partial charge in [0.25, 0.3) is 0 Å². The lowest BCUT2D eigenvalue weighted by atomic mass is 10.1. The molecular weight excluding hydrogens is 296 g/mol. The number of allylic oxidation sites excluding steroid dienone is 1. The van der Waals surface area contributed by atoms with Gasteiger partial charge < -0.3 is 18.9 Å². The zero-order chi connectivity index (χ0) is 16.2. The van der Waals surface area contributed by atoms with Crippen LogP contribution in [0.3, 0.4) is 0 Å². The molecule has 0 radical (unpaired) electrons. The molecule has 2 aromatic carbocycles. The van der Waals surface area contributed by atoms with Crippen molar-refractivity contribution in [3.63, 3.8) is 0 Å². The third-order valence-corrected chi connectivity index (χ3v) is 3.50. The highest BCUT2D eigenvalue weighted by molar-refractivity contribution is 6.09. The predicted molar refractivity (Wildman–Crippen MR) is 85.5 cm³/mol. The maximum atomic E-state index is 12.4. The van der Waals surface area contributed by atoms with E-state index in [-0.39, 0.29) is 12.6 Å². The van der Waals surface area contributed by atoms with Crippen LogP contribution in [0, 0.1) is 0 Å². The van der Waals surface area contributed by atoms with Crippen LogP contribution in [-0.4, -0.2) is 26.8 Å². The van der Waals surface area contributed by atoms with Crippen molar-refractivity contribution in [3.8, 4) is 23.0 Å². The van der Waals surface area contributed by atoms with E-state index in [1.807, 2.05) is 24.3 Å². The summed E-state index contributed by atoms with van der Waals surface area (Å²) in [6.45, 7) is 0.151. The summed E-state index contributed by atoms with van der Waals surface area (Å²) >= 11 is 0. The summed E-state index contributed by atoms with van der Waals surface area (Å²) in [7, 11) is 3.13. The van der Waals surface area contributed by atoms with E-state index in [0.717, 1.165) is 11.3 Å². The van der Waals surface area contributed by atoms with E-state index in [0.29, 0.717) is 22.8 Å². The number of fused-ring (bicyclic) bond motifs is 1. The van der Waals surface area contributed by atoms with Crippen LogP contribution in [0.15, 0.2) is 42.5 Å². The Kier molecular flexibility index (Phi) is 4.19. The van der Waals surface area contributed by atoms with Crippen LogP contribution < -0.4 is 18.9 Å². The Morgan fingerprint density at radius 1 is 1.04 bits per heavy atom. The first-order valence-corrected chi connectivity index (χ1v) is 7.05. The summed E-state index contributed by atoms with van der Waals surface area (Å²) in [4.78, 5) is 12.4. The van der Waals surface area contributed by atoms with Gasteiger partial charge in [0, 0.05) is 6.07 Å². The van der Waals surface area contributed by atoms with Crippen molar-refractivity contribution in [2.75, 3.05) is 21.0 Å². The summed E-state index contributed by atoms with van der Waals surface area (Å²) in [5.74, 6) is 2.19. The fourth-order valence-corrected chi connectivity index (χ4v) is 2.26. The Hall–Kier alpha value is -2.95. The first kappa shape index (κ1) is 15.0. The number of rotatable bonds is 5. The smallest absolute Gasteiger partial charge is 0.231 e. The average molecular weight is 312 g/mol. The SMILES string of the molecule is COc1ccc(C=CC(=O)c2cc3c(cc2OC)OCO3)cc1. The minimum absolute atomic E-state index is 0.151. The molecule has 23 heavy (non-hydrogen) atoms. The molecule has 0 amide bonds. The van der Waals surface area contributed by atoms with Gasteiger partial charge in [0.15, 0.2) is 17.3 Å². The van der Waals surface area contributed by atoms with Gasteiger partial charge in [-0.3, -0.25) is 4.79 Å². The number of benzene rings is 2. The van der Waals surface area contributed by atoms with Crippen LogP contribution in [0.4, 0.5) is 0 Å². The van der Waals surface area contributed by atoms with Crippen LogP contribution in [-0.2, 0) is 0 Å². The number of carbonyl (C=O) groups is 1. The monoisotopic (exact) mass is 312 g/mol.